The molecule has 4 heteroatoms. The number of anilines is 1. The first-order valence-electron chi connectivity index (χ1n) is 9.47. The van der Waals surface area contributed by atoms with E-state index in [1.54, 1.807) is 6.21 Å². The first kappa shape index (κ1) is 18.8. The molecule has 140 valence electrons. The number of hydrazone groups is 1. The van der Waals surface area contributed by atoms with Gasteiger partial charge in [-0.25, -0.2) is 0 Å². The standard InChI is InChI=1S/C23H26N2O2/c1-3-13-26-22-12-10-20(23(16-22)27-14-4-2)17-24-25-21-11-9-18-7-5-6-8-19(18)15-21/h5-12,15-17,25H,3-4,13-14H2,1-2H3/b24-17+. The molecule has 0 saturated heterocycles. The van der Waals surface area contributed by atoms with E-state index in [1.807, 2.05) is 36.4 Å². The van der Waals surface area contributed by atoms with Crippen LogP contribution in [-0.4, -0.2) is 19.4 Å². The molecular weight excluding hydrogens is 336 g/mol. The topological polar surface area (TPSA) is 42.8 Å². The average Bonchev–Trinajstić information content (AvgIpc) is 2.71. The molecule has 0 radical (unpaired) electrons. The average molecular weight is 362 g/mol. The quantitative estimate of drug-likeness (QED) is 0.383. The molecular formula is C23H26N2O2. The van der Waals surface area contributed by atoms with Crippen LogP contribution in [-0.2, 0) is 0 Å². The van der Waals surface area contributed by atoms with Gasteiger partial charge in [0.05, 0.1) is 25.1 Å². The van der Waals surface area contributed by atoms with Gasteiger partial charge in [0.1, 0.15) is 11.5 Å². The molecule has 0 heterocycles. The summed E-state index contributed by atoms with van der Waals surface area (Å²) in [5.74, 6) is 1.61. The first-order chi connectivity index (χ1) is 13.3. The van der Waals surface area contributed by atoms with E-state index in [0.717, 1.165) is 35.6 Å². The molecule has 1 N–H and O–H groups in total. The summed E-state index contributed by atoms with van der Waals surface area (Å²) in [6.45, 7) is 5.54. The third-order valence-electron chi connectivity index (χ3n) is 4.07. The molecule has 4 nitrogen and oxygen atoms in total. The Kier molecular flexibility index (Phi) is 6.69. The van der Waals surface area contributed by atoms with E-state index in [2.05, 4.69) is 48.6 Å². The van der Waals surface area contributed by atoms with Crippen molar-refractivity contribution in [3.05, 3.63) is 66.2 Å². The van der Waals surface area contributed by atoms with E-state index >= 15 is 0 Å². The van der Waals surface area contributed by atoms with Gasteiger partial charge in [-0.15, -0.1) is 0 Å². The SMILES string of the molecule is CCCOc1ccc(/C=N/Nc2ccc3ccccc3c2)c(OCCC)c1. The third-order valence-corrected chi connectivity index (χ3v) is 4.07. The van der Waals surface area contributed by atoms with Gasteiger partial charge in [0.15, 0.2) is 0 Å². The highest BCUT2D eigenvalue weighted by Gasteiger charge is 2.05. The van der Waals surface area contributed by atoms with E-state index in [9.17, 15) is 0 Å². The zero-order valence-electron chi connectivity index (χ0n) is 15.9. The van der Waals surface area contributed by atoms with Crippen molar-refractivity contribution in [3.8, 4) is 11.5 Å². The number of hydrogen-bond acceptors (Lipinski definition) is 4. The number of hydrogen-bond donors (Lipinski definition) is 1. The fraction of sp³-hybridized carbons (Fsp3) is 0.261. The molecule has 3 rings (SSSR count). The summed E-state index contributed by atoms with van der Waals surface area (Å²) >= 11 is 0. The number of fused-ring (bicyclic) bond motifs is 1. The van der Waals surface area contributed by atoms with E-state index in [4.69, 9.17) is 9.47 Å². The fourth-order valence-corrected chi connectivity index (χ4v) is 2.70. The van der Waals surface area contributed by atoms with Crippen LogP contribution in [0.1, 0.15) is 32.3 Å². The molecule has 0 aliphatic carbocycles. The van der Waals surface area contributed by atoms with E-state index in [-0.39, 0.29) is 0 Å². The van der Waals surface area contributed by atoms with Gasteiger partial charge >= 0.3 is 0 Å². The van der Waals surface area contributed by atoms with Crippen molar-refractivity contribution in [1.29, 1.82) is 0 Å². The smallest absolute Gasteiger partial charge is 0.131 e. The molecule has 0 bridgehead atoms. The number of nitrogens with one attached hydrogen (secondary N) is 1. The molecule has 0 unspecified atom stereocenters. The number of nitrogens with zero attached hydrogens (tertiary/aromatic N) is 1. The van der Waals surface area contributed by atoms with E-state index in [0.29, 0.717) is 13.2 Å². The Bertz CT molecular complexity index is 906. The highest BCUT2D eigenvalue weighted by Crippen LogP contribution is 2.25. The zero-order valence-corrected chi connectivity index (χ0v) is 15.9. The van der Waals surface area contributed by atoms with Crippen molar-refractivity contribution in [2.24, 2.45) is 5.10 Å². The predicted molar refractivity (Wildman–Crippen MR) is 113 cm³/mol. The van der Waals surface area contributed by atoms with Gasteiger partial charge in [-0.1, -0.05) is 44.2 Å². The summed E-state index contributed by atoms with van der Waals surface area (Å²) in [4.78, 5) is 0. The van der Waals surface area contributed by atoms with Gasteiger partial charge in [-0.3, -0.25) is 5.43 Å². The summed E-state index contributed by atoms with van der Waals surface area (Å²) in [5, 5.41) is 6.78. The maximum absolute atomic E-state index is 5.87. The van der Waals surface area contributed by atoms with Gasteiger partial charge in [-0.05, 0) is 47.9 Å². The first-order valence-corrected chi connectivity index (χ1v) is 9.47. The Hall–Kier alpha value is -3.01. The van der Waals surface area contributed by atoms with Crippen LogP contribution in [0.15, 0.2) is 65.8 Å². The molecule has 0 aromatic heterocycles. The Morgan fingerprint density at radius 3 is 2.44 bits per heavy atom. The summed E-state index contributed by atoms with van der Waals surface area (Å²) in [6.07, 6.45) is 3.71. The molecule has 3 aromatic rings. The molecule has 0 aliphatic heterocycles. The van der Waals surface area contributed by atoms with Crippen molar-refractivity contribution in [2.45, 2.75) is 26.7 Å². The van der Waals surface area contributed by atoms with E-state index < -0.39 is 0 Å². The van der Waals surface area contributed by atoms with Crippen LogP contribution in [0.5, 0.6) is 11.5 Å². The van der Waals surface area contributed by atoms with Crippen LogP contribution in [0, 0.1) is 0 Å². The predicted octanol–water partition coefficient (Wildman–Crippen LogP) is 5.86. The van der Waals surface area contributed by atoms with Gasteiger partial charge in [0, 0.05) is 11.6 Å². The molecule has 3 aromatic carbocycles. The summed E-state index contributed by atoms with van der Waals surface area (Å²) in [6, 6.07) is 20.3. The van der Waals surface area contributed by atoms with Gasteiger partial charge < -0.3 is 9.47 Å². The molecule has 0 saturated carbocycles. The lowest BCUT2D eigenvalue weighted by Crippen LogP contribution is -2.01. The minimum Gasteiger partial charge on any atom is -0.493 e. The molecule has 0 spiro atoms. The lowest BCUT2D eigenvalue weighted by molar-refractivity contribution is 0.301. The second-order valence-electron chi connectivity index (χ2n) is 6.33. The summed E-state index contributed by atoms with van der Waals surface area (Å²) in [7, 11) is 0. The number of benzene rings is 3. The Morgan fingerprint density at radius 2 is 1.63 bits per heavy atom. The molecule has 0 fully saturated rings. The van der Waals surface area contributed by atoms with Crippen molar-refractivity contribution < 1.29 is 9.47 Å². The van der Waals surface area contributed by atoms with Crippen molar-refractivity contribution in [2.75, 3.05) is 18.6 Å². The molecule has 0 amide bonds. The Morgan fingerprint density at radius 1 is 0.852 bits per heavy atom. The molecule has 0 atom stereocenters. The lowest BCUT2D eigenvalue weighted by Gasteiger charge is -2.11. The van der Waals surface area contributed by atoms with Crippen LogP contribution in [0.25, 0.3) is 10.8 Å². The Balaban J connectivity index is 1.73. The number of ether oxygens (including phenoxy) is 2. The number of rotatable bonds is 9. The minimum atomic E-state index is 0.663. The summed E-state index contributed by atoms with van der Waals surface area (Å²) in [5.41, 5.74) is 4.97. The van der Waals surface area contributed by atoms with Crippen molar-refractivity contribution >= 4 is 22.7 Å². The van der Waals surface area contributed by atoms with Crippen LogP contribution in [0.3, 0.4) is 0 Å². The van der Waals surface area contributed by atoms with Gasteiger partial charge in [0.2, 0.25) is 0 Å². The molecule has 0 aliphatic rings. The van der Waals surface area contributed by atoms with E-state index in [1.165, 1.54) is 10.8 Å². The van der Waals surface area contributed by atoms with Gasteiger partial charge in [0.25, 0.3) is 0 Å². The lowest BCUT2D eigenvalue weighted by atomic mass is 10.1. The zero-order chi connectivity index (χ0) is 18.9. The maximum atomic E-state index is 5.87. The van der Waals surface area contributed by atoms with Crippen molar-refractivity contribution in [3.63, 3.8) is 0 Å². The normalized spacial score (nSPS) is 11.0. The largest absolute Gasteiger partial charge is 0.493 e. The molecule has 27 heavy (non-hydrogen) atoms. The second kappa shape index (κ2) is 9.62. The maximum Gasteiger partial charge on any atom is 0.131 e. The summed E-state index contributed by atoms with van der Waals surface area (Å²) < 4.78 is 11.6. The highest BCUT2D eigenvalue weighted by atomic mass is 16.5. The van der Waals surface area contributed by atoms with Crippen molar-refractivity contribution in [1.82, 2.24) is 0 Å². The second-order valence-corrected chi connectivity index (χ2v) is 6.33. The van der Waals surface area contributed by atoms with Gasteiger partial charge in [-0.2, -0.15) is 5.10 Å². The Labute approximate surface area is 160 Å². The van der Waals surface area contributed by atoms with Crippen LogP contribution in [0.2, 0.25) is 0 Å². The highest BCUT2D eigenvalue weighted by molar-refractivity contribution is 5.87. The third kappa shape index (κ3) is 5.23. The minimum absolute atomic E-state index is 0.663. The van der Waals surface area contributed by atoms with Crippen LogP contribution < -0.4 is 14.9 Å². The fourth-order valence-electron chi connectivity index (χ4n) is 2.70. The monoisotopic (exact) mass is 362 g/mol. The van der Waals surface area contributed by atoms with Crippen LogP contribution in [0.4, 0.5) is 5.69 Å². The van der Waals surface area contributed by atoms with Crippen LogP contribution >= 0.6 is 0 Å².